The van der Waals surface area contributed by atoms with E-state index in [0.29, 0.717) is 5.92 Å². The summed E-state index contributed by atoms with van der Waals surface area (Å²) in [6.07, 6.45) is 1.60. The number of benzene rings is 1. The zero-order valence-electron chi connectivity index (χ0n) is 11.4. The average molecular weight is 276 g/mol. The highest BCUT2D eigenvalue weighted by Gasteiger charge is 2.08. The summed E-state index contributed by atoms with van der Waals surface area (Å²) in [6, 6.07) is 9.98. The van der Waals surface area contributed by atoms with E-state index in [9.17, 15) is 0 Å². The van der Waals surface area contributed by atoms with Gasteiger partial charge < -0.3 is 5.32 Å². The highest BCUT2D eigenvalue weighted by molar-refractivity contribution is 6.30. The summed E-state index contributed by atoms with van der Waals surface area (Å²) in [5, 5.41) is 4.12. The fourth-order valence-corrected chi connectivity index (χ4v) is 2.05. The van der Waals surface area contributed by atoms with Crippen LogP contribution in [0.3, 0.4) is 0 Å². The van der Waals surface area contributed by atoms with Gasteiger partial charge in [0, 0.05) is 22.8 Å². The predicted molar refractivity (Wildman–Crippen MR) is 79.6 cm³/mol. The van der Waals surface area contributed by atoms with Crippen LogP contribution >= 0.6 is 11.6 Å². The van der Waals surface area contributed by atoms with Crippen LogP contribution in [0.15, 0.2) is 36.7 Å². The monoisotopic (exact) mass is 275 g/mol. The largest absolute Gasteiger partial charge is 0.363 e. The van der Waals surface area contributed by atoms with Gasteiger partial charge in [0.2, 0.25) is 0 Å². The van der Waals surface area contributed by atoms with Gasteiger partial charge in [-0.1, -0.05) is 37.6 Å². The molecule has 0 aliphatic rings. The summed E-state index contributed by atoms with van der Waals surface area (Å²) < 4.78 is 0. The zero-order chi connectivity index (χ0) is 13.8. The molecule has 1 N–H and O–H groups in total. The molecule has 0 aliphatic carbocycles. The Kier molecular flexibility index (Phi) is 4.38. The molecule has 0 fully saturated rings. The van der Waals surface area contributed by atoms with Gasteiger partial charge in [-0.3, -0.25) is 0 Å². The summed E-state index contributed by atoms with van der Waals surface area (Å²) in [5.41, 5.74) is 2.17. The smallest absolute Gasteiger partial charge is 0.130 e. The van der Waals surface area contributed by atoms with Crippen LogP contribution in [0.25, 0.3) is 0 Å². The van der Waals surface area contributed by atoms with Crippen molar-refractivity contribution in [2.75, 3.05) is 5.32 Å². The molecular weight excluding hydrogens is 258 g/mol. The summed E-state index contributed by atoms with van der Waals surface area (Å²) in [6.45, 7) is 6.32. The lowest BCUT2D eigenvalue weighted by Gasteiger charge is -2.16. The van der Waals surface area contributed by atoms with Crippen molar-refractivity contribution in [2.45, 2.75) is 32.7 Å². The van der Waals surface area contributed by atoms with Crippen LogP contribution in [0.4, 0.5) is 5.82 Å². The molecule has 100 valence electrons. The van der Waals surface area contributed by atoms with Crippen molar-refractivity contribution >= 4 is 17.4 Å². The molecule has 1 aromatic carbocycles. The van der Waals surface area contributed by atoms with Crippen LogP contribution in [-0.2, 0) is 0 Å². The summed E-state index contributed by atoms with van der Waals surface area (Å²) in [4.78, 5) is 8.52. The molecule has 2 rings (SSSR count). The molecule has 0 saturated carbocycles. The van der Waals surface area contributed by atoms with Crippen molar-refractivity contribution in [3.8, 4) is 0 Å². The van der Waals surface area contributed by atoms with E-state index in [1.54, 1.807) is 6.33 Å². The maximum atomic E-state index is 6.01. The highest BCUT2D eigenvalue weighted by atomic mass is 35.5. The molecule has 1 unspecified atom stereocenters. The quantitative estimate of drug-likeness (QED) is 0.897. The Bertz CT molecular complexity index is 555. The first-order chi connectivity index (χ1) is 9.06. The van der Waals surface area contributed by atoms with Gasteiger partial charge in [0.25, 0.3) is 0 Å². The van der Waals surface area contributed by atoms with Gasteiger partial charge in [0.1, 0.15) is 12.1 Å². The average Bonchev–Trinajstić information content (AvgIpc) is 2.39. The summed E-state index contributed by atoms with van der Waals surface area (Å²) >= 11 is 6.01. The Hall–Kier alpha value is -1.61. The van der Waals surface area contributed by atoms with E-state index in [1.165, 1.54) is 0 Å². The number of nitrogens with one attached hydrogen (secondary N) is 1. The van der Waals surface area contributed by atoms with Crippen molar-refractivity contribution in [1.29, 1.82) is 0 Å². The van der Waals surface area contributed by atoms with Gasteiger partial charge in [-0.15, -0.1) is 0 Å². The van der Waals surface area contributed by atoms with Gasteiger partial charge in [-0.2, -0.15) is 0 Å². The first kappa shape index (κ1) is 13.8. The van der Waals surface area contributed by atoms with E-state index >= 15 is 0 Å². The van der Waals surface area contributed by atoms with Crippen molar-refractivity contribution < 1.29 is 0 Å². The predicted octanol–water partition coefficient (Wildman–Crippen LogP) is 4.43. The molecule has 2 aromatic rings. The number of anilines is 1. The number of halogens is 1. The van der Waals surface area contributed by atoms with Gasteiger partial charge in [-0.25, -0.2) is 9.97 Å². The summed E-state index contributed by atoms with van der Waals surface area (Å²) in [7, 11) is 0. The standard InChI is InChI=1S/C15H18ClN3/c1-10(2)14-8-15(18-9-17-14)19-11(3)12-5-4-6-13(16)7-12/h4-11H,1-3H3,(H,17,18,19). The summed E-state index contributed by atoms with van der Waals surface area (Å²) in [5.74, 6) is 1.23. The van der Waals surface area contributed by atoms with Gasteiger partial charge >= 0.3 is 0 Å². The zero-order valence-corrected chi connectivity index (χ0v) is 12.1. The third-order valence-corrected chi connectivity index (χ3v) is 3.23. The van der Waals surface area contributed by atoms with E-state index in [4.69, 9.17) is 11.6 Å². The fraction of sp³-hybridized carbons (Fsp3) is 0.333. The van der Waals surface area contributed by atoms with Crippen LogP contribution in [-0.4, -0.2) is 9.97 Å². The Morgan fingerprint density at radius 1 is 1.11 bits per heavy atom. The maximum absolute atomic E-state index is 6.01. The van der Waals surface area contributed by atoms with E-state index in [-0.39, 0.29) is 6.04 Å². The minimum absolute atomic E-state index is 0.147. The Balaban J connectivity index is 2.14. The minimum Gasteiger partial charge on any atom is -0.363 e. The molecule has 1 atom stereocenters. The number of hydrogen-bond donors (Lipinski definition) is 1. The molecule has 0 saturated heterocycles. The van der Waals surface area contributed by atoms with Crippen LogP contribution in [0.5, 0.6) is 0 Å². The highest BCUT2D eigenvalue weighted by Crippen LogP contribution is 2.22. The molecule has 1 heterocycles. The second-order valence-electron chi connectivity index (χ2n) is 4.90. The van der Waals surface area contributed by atoms with E-state index in [0.717, 1.165) is 22.1 Å². The molecule has 0 spiro atoms. The lowest BCUT2D eigenvalue weighted by Crippen LogP contribution is -2.09. The van der Waals surface area contributed by atoms with Crippen molar-refractivity contribution in [3.05, 3.63) is 52.9 Å². The lowest BCUT2D eigenvalue weighted by molar-refractivity contribution is 0.807. The second kappa shape index (κ2) is 6.02. The third kappa shape index (κ3) is 3.67. The van der Waals surface area contributed by atoms with Crippen molar-refractivity contribution in [1.82, 2.24) is 9.97 Å². The van der Waals surface area contributed by atoms with Crippen LogP contribution < -0.4 is 5.32 Å². The Labute approximate surface area is 119 Å². The van der Waals surface area contributed by atoms with Gasteiger partial charge in [-0.05, 0) is 30.5 Å². The first-order valence-electron chi connectivity index (χ1n) is 6.40. The molecule has 4 heteroatoms. The minimum atomic E-state index is 0.147. The normalized spacial score (nSPS) is 12.5. The first-order valence-corrected chi connectivity index (χ1v) is 6.78. The Morgan fingerprint density at radius 3 is 2.58 bits per heavy atom. The second-order valence-corrected chi connectivity index (χ2v) is 5.34. The topological polar surface area (TPSA) is 37.8 Å². The Morgan fingerprint density at radius 2 is 1.89 bits per heavy atom. The molecule has 0 bridgehead atoms. The molecule has 0 amide bonds. The molecule has 0 aliphatic heterocycles. The third-order valence-electron chi connectivity index (χ3n) is 2.99. The maximum Gasteiger partial charge on any atom is 0.130 e. The molecule has 1 aromatic heterocycles. The van der Waals surface area contributed by atoms with Crippen LogP contribution in [0.1, 0.15) is 44.0 Å². The SMILES string of the molecule is CC(C)c1cc(NC(C)c2cccc(Cl)c2)ncn1. The van der Waals surface area contributed by atoms with Crippen molar-refractivity contribution in [2.24, 2.45) is 0 Å². The molecule has 0 radical (unpaired) electrons. The van der Waals surface area contributed by atoms with Crippen LogP contribution in [0.2, 0.25) is 5.02 Å². The molecule has 19 heavy (non-hydrogen) atoms. The molecular formula is C15H18ClN3. The number of rotatable bonds is 4. The van der Waals surface area contributed by atoms with Gasteiger partial charge in [0.05, 0.1) is 0 Å². The van der Waals surface area contributed by atoms with Crippen molar-refractivity contribution in [3.63, 3.8) is 0 Å². The molecule has 3 nitrogen and oxygen atoms in total. The fourth-order valence-electron chi connectivity index (χ4n) is 1.85. The number of nitrogens with zero attached hydrogens (tertiary/aromatic N) is 2. The van der Waals surface area contributed by atoms with Crippen LogP contribution in [0, 0.1) is 0 Å². The lowest BCUT2D eigenvalue weighted by atomic mass is 10.1. The van der Waals surface area contributed by atoms with E-state index in [2.05, 4.69) is 36.1 Å². The number of aromatic nitrogens is 2. The van der Waals surface area contributed by atoms with E-state index in [1.807, 2.05) is 30.3 Å². The number of hydrogen-bond acceptors (Lipinski definition) is 3. The van der Waals surface area contributed by atoms with E-state index < -0.39 is 0 Å². The van der Waals surface area contributed by atoms with Gasteiger partial charge in [0.15, 0.2) is 0 Å².